The van der Waals surface area contributed by atoms with Gasteiger partial charge in [0.15, 0.2) is 5.58 Å². The summed E-state index contributed by atoms with van der Waals surface area (Å²) in [6.45, 7) is 1.43. The van der Waals surface area contributed by atoms with E-state index in [1.165, 1.54) is 0 Å². The first kappa shape index (κ1) is 20.1. The van der Waals surface area contributed by atoms with Gasteiger partial charge in [0, 0.05) is 49.8 Å². The summed E-state index contributed by atoms with van der Waals surface area (Å²) in [4.78, 5) is 6.87. The van der Waals surface area contributed by atoms with E-state index in [1.54, 1.807) is 7.11 Å². The van der Waals surface area contributed by atoms with Crippen molar-refractivity contribution >= 4 is 16.8 Å². The Morgan fingerprint density at radius 3 is 2.70 bits per heavy atom. The third-order valence-corrected chi connectivity index (χ3v) is 5.24. The normalized spacial score (nSPS) is 12.2. The van der Waals surface area contributed by atoms with E-state index in [9.17, 15) is 0 Å². The zero-order valence-corrected chi connectivity index (χ0v) is 17.3. The van der Waals surface area contributed by atoms with Crippen molar-refractivity contribution in [1.29, 1.82) is 0 Å². The number of rotatable bonds is 8. The van der Waals surface area contributed by atoms with Crippen molar-refractivity contribution in [3.63, 3.8) is 0 Å². The Labute approximate surface area is 176 Å². The number of hydrogen-bond acceptors (Lipinski definition) is 6. The van der Waals surface area contributed by atoms with Crippen molar-refractivity contribution in [3.8, 4) is 11.3 Å². The van der Waals surface area contributed by atoms with E-state index in [-0.39, 0.29) is 6.04 Å². The maximum atomic E-state index is 6.65. The largest absolute Gasteiger partial charge is 0.383 e. The molecule has 1 atom stereocenters. The highest BCUT2D eigenvalue weighted by Gasteiger charge is 2.18. The topological polar surface area (TPSA) is 77.4 Å². The third kappa shape index (κ3) is 4.20. The van der Waals surface area contributed by atoms with E-state index < -0.39 is 0 Å². The molecule has 0 saturated carbocycles. The molecule has 2 N–H and O–H groups in total. The van der Waals surface area contributed by atoms with E-state index in [1.807, 2.05) is 67.7 Å². The van der Waals surface area contributed by atoms with Gasteiger partial charge in [0.1, 0.15) is 11.5 Å². The molecule has 0 fully saturated rings. The molecular weight excluding hydrogens is 376 g/mol. The maximum Gasteiger partial charge on any atom is 0.167 e. The average molecular weight is 402 g/mol. The van der Waals surface area contributed by atoms with E-state index in [4.69, 9.17) is 20.0 Å². The van der Waals surface area contributed by atoms with Gasteiger partial charge in [-0.1, -0.05) is 47.6 Å². The molecule has 0 aliphatic rings. The number of para-hydroxylation sites is 1. The van der Waals surface area contributed by atoms with Crippen LogP contribution in [0.3, 0.4) is 0 Å². The van der Waals surface area contributed by atoms with Gasteiger partial charge >= 0.3 is 0 Å². The Bertz CT molecular complexity index is 1120. The fourth-order valence-electron chi connectivity index (χ4n) is 3.59. The summed E-state index contributed by atoms with van der Waals surface area (Å²) < 4.78 is 10.7. The van der Waals surface area contributed by atoms with Crippen LogP contribution in [0.15, 0.2) is 71.3 Å². The van der Waals surface area contributed by atoms with Gasteiger partial charge in [0.2, 0.25) is 0 Å². The quantitative estimate of drug-likeness (QED) is 0.476. The average Bonchev–Trinajstić information content (AvgIpc) is 3.21. The number of benzene rings is 2. The second kappa shape index (κ2) is 9.07. The fourth-order valence-corrected chi connectivity index (χ4v) is 3.59. The standard InChI is InChI=1S/C24H26N4O2/c1-28(14-15-29-2)23-13-7-8-17(26-23)16-21(25)18-9-3-4-10-19(18)24-20-11-5-6-12-22(20)30-27-24/h3-13,21H,14-16,25H2,1-2H3. The highest BCUT2D eigenvalue weighted by atomic mass is 16.5. The van der Waals surface area contributed by atoms with Gasteiger partial charge in [-0.05, 0) is 29.8 Å². The lowest BCUT2D eigenvalue weighted by molar-refractivity contribution is 0.206. The molecule has 2 heterocycles. The molecule has 0 aliphatic heterocycles. The van der Waals surface area contributed by atoms with Crippen LogP contribution in [0.1, 0.15) is 17.3 Å². The zero-order chi connectivity index (χ0) is 20.9. The lowest BCUT2D eigenvalue weighted by Crippen LogP contribution is -2.23. The Hall–Kier alpha value is -3.22. The Morgan fingerprint density at radius 2 is 1.83 bits per heavy atom. The number of anilines is 1. The fraction of sp³-hybridized carbons (Fsp3) is 0.250. The van der Waals surface area contributed by atoms with Gasteiger partial charge in [0.05, 0.1) is 6.61 Å². The summed E-state index contributed by atoms with van der Waals surface area (Å²) in [5.41, 5.74) is 11.2. The Kier molecular flexibility index (Phi) is 6.07. The van der Waals surface area contributed by atoms with Crippen LogP contribution in [-0.2, 0) is 11.2 Å². The second-order valence-electron chi connectivity index (χ2n) is 7.33. The molecule has 30 heavy (non-hydrogen) atoms. The van der Waals surface area contributed by atoms with Crippen LogP contribution in [0.4, 0.5) is 5.82 Å². The number of nitrogens with two attached hydrogens (primary N) is 1. The lowest BCUT2D eigenvalue weighted by atomic mass is 9.94. The van der Waals surface area contributed by atoms with E-state index in [0.717, 1.165) is 45.8 Å². The summed E-state index contributed by atoms with van der Waals surface area (Å²) in [6, 6.07) is 21.8. The molecule has 2 aromatic carbocycles. The Morgan fingerprint density at radius 1 is 1.03 bits per heavy atom. The molecule has 6 heteroatoms. The summed E-state index contributed by atoms with van der Waals surface area (Å²) in [5.74, 6) is 0.910. The molecular formula is C24H26N4O2. The van der Waals surface area contributed by atoms with E-state index in [0.29, 0.717) is 13.0 Å². The van der Waals surface area contributed by atoms with Crippen LogP contribution in [0.2, 0.25) is 0 Å². The minimum atomic E-state index is -0.219. The first-order valence-electron chi connectivity index (χ1n) is 10.0. The van der Waals surface area contributed by atoms with Gasteiger partial charge in [0.25, 0.3) is 0 Å². The lowest BCUT2D eigenvalue weighted by Gasteiger charge is -2.19. The smallest absolute Gasteiger partial charge is 0.167 e. The molecule has 0 bridgehead atoms. The summed E-state index contributed by atoms with van der Waals surface area (Å²) in [6.07, 6.45) is 0.624. The summed E-state index contributed by atoms with van der Waals surface area (Å²) in [5, 5.41) is 5.30. The number of methoxy groups -OCH3 is 1. The SMILES string of the molecule is COCCN(C)c1cccc(CC(N)c2ccccc2-c2noc3ccccc23)n1. The van der Waals surface area contributed by atoms with E-state index in [2.05, 4.69) is 16.1 Å². The number of fused-ring (bicyclic) bond motifs is 1. The molecule has 0 radical (unpaired) electrons. The second-order valence-corrected chi connectivity index (χ2v) is 7.33. The van der Waals surface area contributed by atoms with Gasteiger partial charge in [-0.2, -0.15) is 0 Å². The molecule has 0 amide bonds. The monoisotopic (exact) mass is 402 g/mol. The van der Waals surface area contributed by atoms with Crippen molar-refractivity contribution in [2.45, 2.75) is 12.5 Å². The van der Waals surface area contributed by atoms with Crippen LogP contribution in [0.25, 0.3) is 22.2 Å². The molecule has 4 aromatic rings. The van der Waals surface area contributed by atoms with Gasteiger partial charge in [-0.15, -0.1) is 0 Å². The maximum absolute atomic E-state index is 6.65. The predicted molar refractivity (Wildman–Crippen MR) is 119 cm³/mol. The molecule has 154 valence electrons. The van der Waals surface area contributed by atoms with Crippen LogP contribution >= 0.6 is 0 Å². The number of likely N-dealkylation sites (N-methyl/N-ethyl adjacent to an activating group) is 1. The highest BCUT2D eigenvalue weighted by molar-refractivity contribution is 5.92. The van der Waals surface area contributed by atoms with E-state index >= 15 is 0 Å². The van der Waals surface area contributed by atoms with Crippen LogP contribution in [0, 0.1) is 0 Å². The van der Waals surface area contributed by atoms with Gasteiger partial charge in [-0.25, -0.2) is 4.98 Å². The molecule has 4 rings (SSSR count). The van der Waals surface area contributed by atoms with Crippen LogP contribution in [-0.4, -0.2) is 37.4 Å². The Balaban J connectivity index is 1.60. The number of hydrogen-bond donors (Lipinski definition) is 1. The minimum absolute atomic E-state index is 0.219. The predicted octanol–water partition coefficient (Wildman–Crippen LogP) is 4.21. The molecule has 0 spiro atoms. The first-order chi connectivity index (χ1) is 14.7. The number of ether oxygens (including phenoxy) is 1. The van der Waals surface area contributed by atoms with Crippen molar-refractivity contribution in [3.05, 3.63) is 78.0 Å². The van der Waals surface area contributed by atoms with Crippen LogP contribution < -0.4 is 10.6 Å². The van der Waals surface area contributed by atoms with Gasteiger partial charge < -0.3 is 19.9 Å². The molecule has 6 nitrogen and oxygen atoms in total. The molecule has 0 aliphatic carbocycles. The number of pyridine rings is 1. The van der Waals surface area contributed by atoms with Crippen LogP contribution in [0.5, 0.6) is 0 Å². The van der Waals surface area contributed by atoms with Crippen molar-refractivity contribution in [1.82, 2.24) is 10.1 Å². The van der Waals surface area contributed by atoms with Crippen molar-refractivity contribution < 1.29 is 9.26 Å². The van der Waals surface area contributed by atoms with Crippen molar-refractivity contribution in [2.75, 3.05) is 32.2 Å². The van der Waals surface area contributed by atoms with Gasteiger partial charge in [-0.3, -0.25) is 0 Å². The number of nitrogens with zero attached hydrogens (tertiary/aromatic N) is 3. The summed E-state index contributed by atoms with van der Waals surface area (Å²) >= 11 is 0. The summed E-state index contributed by atoms with van der Waals surface area (Å²) in [7, 11) is 3.71. The minimum Gasteiger partial charge on any atom is -0.383 e. The molecule has 1 unspecified atom stereocenters. The third-order valence-electron chi connectivity index (χ3n) is 5.24. The zero-order valence-electron chi connectivity index (χ0n) is 17.3. The molecule has 2 aromatic heterocycles. The first-order valence-corrected chi connectivity index (χ1v) is 10.0. The molecule has 0 saturated heterocycles. The van der Waals surface area contributed by atoms with Crippen molar-refractivity contribution in [2.24, 2.45) is 5.73 Å². The number of aromatic nitrogens is 2. The highest BCUT2D eigenvalue weighted by Crippen LogP contribution is 2.33.